The summed E-state index contributed by atoms with van der Waals surface area (Å²) in [4.78, 5) is 36.1. The van der Waals surface area contributed by atoms with Crippen LogP contribution in [0, 0.1) is 0 Å². The predicted octanol–water partition coefficient (Wildman–Crippen LogP) is 0.786. The van der Waals surface area contributed by atoms with E-state index in [-0.39, 0.29) is 12.0 Å². The largest absolute Gasteiger partial charge is 0.439 e. The number of hydrogen-bond acceptors (Lipinski definition) is 5. The van der Waals surface area contributed by atoms with Gasteiger partial charge in [0.25, 0.3) is 5.91 Å². The first kappa shape index (κ1) is 14.0. The first-order chi connectivity index (χ1) is 11.1. The zero-order valence-corrected chi connectivity index (χ0v) is 12.8. The van der Waals surface area contributed by atoms with E-state index in [1.54, 1.807) is 45.9 Å². The molecule has 4 rings (SSSR count). The predicted molar refractivity (Wildman–Crippen MR) is 80.0 cm³/mol. The molecular weight excluding hydrogens is 298 g/mol. The van der Waals surface area contributed by atoms with Crippen molar-refractivity contribution >= 4 is 17.8 Å². The molecule has 8 heteroatoms. The fourth-order valence-electron chi connectivity index (χ4n) is 3.37. The smallest absolute Gasteiger partial charge is 0.410 e. The molecule has 1 atom stereocenters. The van der Waals surface area contributed by atoms with Crippen molar-refractivity contribution in [2.45, 2.75) is 18.4 Å². The molecule has 2 saturated heterocycles. The second-order valence-corrected chi connectivity index (χ2v) is 6.19. The molecule has 2 fully saturated rings. The van der Waals surface area contributed by atoms with E-state index in [0.717, 1.165) is 12.8 Å². The van der Waals surface area contributed by atoms with Crippen LogP contribution in [-0.2, 0) is 4.74 Å². The highest BCUT2D eigenvalue weighted by Crippen LogP contribution is 2.31. The van der Waals surface area contributed by atoms with E-state index in [4.69, 9.17) is 4.74 Å². The van der Waals surface area contributed by atoms with Gasteiger partial charge in [-0.3, -0.25) is 9.20 Å². The van der Waals surface area contributed by atoms with Crippen LogP contribution >= 0.6 is 0 Å². The van der Waals surface area contributed by atoms with Gasteiger partial charge in [0.2, 0.25) is 5.78 Å². The number of carbonyl (C=O) groups excluding carboxylic acids is 2. The van der Waals surface area contributed by atoms with Crippen molar-refractivity contribution in [1.82, 2.24) is 24.2 Å². The van der Waals surface area contributed by atoms with Crippen molar-refractivity contribution in [1.29, 1.82) is 0 Å². The number of imidazole rings is 1. The van der Waals surface area contributed by atoms with Gasteiger partial charge < -0.3 is 14.5 Å². The molecular formula is C15H17N5O3. The summed E-state index contributed by atoms with van der Waals surface area (Å²) in [6.45, 7) is 1.56. The van der Waals surface area contributed by atoms with Crippen LogP contribution in [0.25, 0.3) is 5.78 Å². The van der Waals surface area contributed by atoms with Crippen molar-refractivity contribution in [3.8, 4) is 0 Å². The number of rotatable bonds is 1. The maximum Gasteiger partial charge on any atom is 0.410 e. The lowest BCUT2D eigenvalue weighted by molar-refractivity contribution is -0.00538. The number of carbonyl (C=O) groups is 2. The second kappa shape index (κ2) is 4.94. The van der Waals surface area contributed by atoms with Gasteiger partial charge in [-0.1, -0.05) is 0 Å². The molecule has 4 heterocycles. The summed E-state index contributed by atoms with van der Waals surface area (Å²) in [5.41, 5.74) is -0.227. The number of ether oxygens (including phenoxy) is 1. The normalized spacial score (nSPS) is 24.5. The Morgan fingerprint density at radius 3 is 3.00 bits per heavy atom. The molecule has 2 amide bonds. The van der Waals surface area contributed by atoms with Gasteiger partial charge in [0.1, 0.15) is 11.3 Å². The van der Waals surface area contributed by atoms with Crippen LogP contribution in [0.4, 0.5) is 4.79 Å². The van der Waals surface area contributed by atoms with Crippen molar-refractivity contribution < 1.29 is 14.3 Å². The van der Waals surface area contributed by atoms with Crippen LogP contribution in [0.5, 0.6) is 0 Å². The molecule has 2 aliphatic heterocycles. The summed E-state index contributed by atoms with van der Waals surface area (Å²) in [5.74, 6) is 0.342. The van der Waals surface area contributed by atoms with E-state index < -0.39 is 5.60 Å². The zero-order valence-electron chi connectivity index (χ0n) is 12.8. The summed E-state index contributed by atoms with van der Waals surface area (Å²) in [7, 11) is 1.71. The minimum Gasteiger partial charge on any atom is -0.439 e. The SMILES string of the molecule is CN1C[C@]2(CCCN(C(=O)c3cn4cccnc4n3)C2)OC1=O. The highest BCUT2D eigenvalue weighted by molar-refractivity contribution is 5.93. The van der Waals surface area contributed by atoms with Gasteiger partial charge in [-0.15, -0.1) is 0 Å². The Kier molecular flexibility index (Phi) is 3.00. The third kappa shape index (κ3) is 2.30. The van der Waals surface area contributed by atoms with Gasteiger partial charge in [0.15, 0.2) is 0 Å². The summed E-state index contributed by atoms with van der Waals surface area (Å²) in [6, 6.07) is 1.78. The molecule has 120 valence electrons. The molecule has 0 N–H and O–H groups in total. The molecule has 2 aliphatic rings. The molecule has 0 radical (unpaired) electrons. The zero-order chi connectivity index (χ0) is 16.0. The minimum atomic E-state index is -0.586. The fourth-order valence-corrected chi connectivity index (χ4v) is 3.37. The van der Waals surface area contributed by atoms with E-state index in [2.05, 4.69) is 9.97 Å². The quantitative estimate of drug-likeness (QED) is 0.777. The molecule has 0 aromatic carbocycles. The molecule has 23 heavy (non-hydrogen) atoms. The molecule has 2 aromatic rings. The third-order valence-corrected chi connectivity index (χ3v) is 4.42. The molecule has 0 aliphatic carbocycles. The van der Waals surface area contributed by atoms with E-state index in [1.807, 2.05) is 0 Å². The van der Waals surface area contributed by atoms with Crippen molar-refractivity contribution in [2.24, 2.45) is 0 Å². The molecule has 0 unspecified atom stereocenters. The van der Waals surface area contributed by atoms with Gasteiger partial charge in [0, 0.05) is 32.2 Å². The highest BCUT2D eigenvalue weighted by Gasteiger charge is 2.47. The fraction of sp³-hybridized carbons (Fsp3) is 0.467. The van der Waals surface area contributed by atoms with Crippen LogP contribution in [-0.4, -0.2) is 68.5 Å². The van der Waals surface area contributed by atoms with Crippen LogP contribution in [0.1, 0.15) is 23.3 Å². The lowest BCUT2D eigenvalue weighted by Crippen LogP contribution is -2.52. The van der Waals surface area contributed by atoms with E-state index >= 15 is 0 Å². The molecule has 8 nitrogen and oxygen atoms in total. The van der Waals surface area contributed by atoms with Gasteiger partial charge in [-0.2, -0.15) is 0 Å². The van der Waals surface area contributed by atoms with Crippen molar-refractivity contribution in [2.75, 3.05) is 26.7 Å². The van der Waals surface area contributed by atoms with E-state index in [1.165, 1.54) is 0 Å². The number of hydrogen-bond donors (Lipinski definition) is 0. The Morgan fingerprint density at radius 2 is 2.26 bits per heavy atom. The topological polar surface area (TPSA) is 80.0 Å². The van der Waals surface area contributed by atoms with Crippen LogP contribution < -0.4 is 0 Å². The Hall–Kier alpha value is -2.64. The van der Waals surface area contributed by atoms with Crippen molar-refractivity contribution in [3.05, 3.63) is 30.4 Å². The number of likely N-dealkylation sites (N-methyl/N-ethyl adjacent to an activating group) is 1. The maximum atomic E-state index is 12.7. The first-order valence-electron chi connectivity index (χ1n) is 7.59. The monoisotopic (exact) mass is 315 g/mol. The Morgan fingerprint density at radius 1 is 1.39 bits per heavy atom. The van der Waals surface area contributed by atoms with E-state index in [0.29, 0.717) is 31.1 Å². The number of fused-ring (bicyclic) bond motifs is 1. The Labute approximate surface area is 132 Å². The third-order valence-electron chi connectivity index (χ3n) is 4.42. The summed E-state index contributed by atoms with van der Waals surface area (Å²) in [6.07, 6.45) is 6.38. The van der Waals surface area contributed by atoms with E-state index in [9.17, 15) is 9.59 Å². The summed E-state index contributed by atoms with van der Waals surface area (Å²) in [5, 5.41) is 0. The first-order valence-corrected chi connectivity index (χ1v) is 7.59. The lowest BCUT2D eigenvalue weighted by atomic mass is 9.92. The van der Waals surface area contributed by atoms with Crippen LogP contribution in [0.3, 0.4) is 0 Å². The average molecular weight is 315 g/mol. The van der Waals surface area contributed by atoms with Gasteiger partial charge >= 0.3 is 6.09 Å². The van der Waals surface area contributed by atoms with Gasteiger partial charge in [-0.25, -0.2) is 14.8 Å². The molecule has 2 aromatic heterocycles. The second-order valence-electron chi connectivity index (χ2n) is 6.19. The summed E-state index contributed by atoms with van der Waals surface area (Å²) < 4.78 is 7.25. The number of nitrogens with zero attached hydrogens (tertiary/aromatic N) is 5. The highest BCUT2D eigenvalue weighted by atomic mass is 16.6. The van der Waals surface area contributed by atoms with Crippen molar-refractivity contribution in [3.63, 3.8) is 0 Å². The number of likely N-dealkylation sites (tertiary alicyclic amines) is 1. The Bertz CT molecular complexity index is 755. The minimum absolute atomic E-state index is 0.153. The number of amides is 2. The average Bonchev–Trinajstić information content (AvgIpc) is 3.08. The standard InChI is InChI=1S/C15H17N5O3/c1-18-9-15(23-14(18)22)4-2-6-20(10-15)12(21)11-8-19-7-3-5-16-13(19)17-11/h3,5,7-8H,2,4,6,9-10H2,1H3/t15-/m0/s1. The van der Waals surface area contributed by atoms with Crippen LogP contribution in [0.15, 0.2) is 24.7 Å². The van der Waals surface area contributed by atoms with Crippen LogP contribution in [0.2, 0.25) is 0 Å². The van der Waals surface area contributed by atoms with Gasteiger partial charge in [0.05, 0.1) is 13.1 Å². The molecule has 1 spiro atoms. The number of aromatic nitrogens is 3. The summed E-state index contributed by atoms with van der Waals surface area (Å²) >= 11 is 0. The van der Waals surface area contributed by atoms with Gasteiger partial charge in [-0.05, 0) is 18.9 Å². The molecule has 0 bridgehead atoms. The maximum absolute atomic E-state index is 12.7. The lowest BCUT2D eigenvalue weighted by Gasteiger charge is -2.38. The molecule has 0 saturated carbocycles. The Balaban J connectivity index is 1.57. The number of piperidine rings is 1.